The summed E-state index contributed by atoms with van der Waals surface area (Å²) in [5.41, 5.74) is 7.10. The van der Waals surface area contributed by atoms with Crippen molar-refractivity contribution in [3.8, 4) is 46.0 Å². The minimum Gasteiger partial charge on any atom is -0.493 e. The Hall–Kier alpha value is -4.40. The first-order chi connectivity index (χ1) is 22.4. The summed E-state index contributed by atoms with van der Waals surface area (Å²) < 4.78 is 37.2. The summed E-state index contributed by atoms with van der Waals surface area (Å²) in [6.07, 6.45) is 3.33. The quantitative estimate of drug-likeness (QED) is 0.238. The summed E-state index contributed by atoms with van der Waals surface area (Å²) in [7, 11) is 11.1. The highest BCUT2D eigenvalue weighted by atomic mass is 16.5. The molecule has 0 spiro atoms. The molecule has 0 aliphatic carbocycles. The van der Waals surface area contributed by atoms with Gasteiger partial charge in [0, 0.05) is 30.7 Å². The second-order valence-corrected chi connectivity index (χ2v) is 12.5. The molecule has 7 rings (SSSR count). The number of methoxy groups -OCH3 is 4. The SMILES string of the molecule is COc1ccc2cc1Oc1cccc(c1)C[C@H]1c3cc(c(OC)cc3CCN1C)Oc1c(OC)c(OC)cc3c1[C@@H](C2)N(C)CC3. The fraction of sp³-hybridized carbons (Fsp3) is 0.368. The van der Waals surface area contributed by atoms with E-state index in [1.807, 2.05) is 12.1 Å². The second kappa shape index (κ2) is 12.4. The van der Waals surface area contributed by atoms with Gasteiger partial charge in [0.25, 0.3) is 0 Å². The Morgan fingerprint density at radius 3 is 2.07 bits per heavy atom. The van der Waals surface area contributed by atoms with E-state index < -0.39 is 0 Å². The molecule has 8 heteroatoms. The highest BCUT2D eigenvalue weighted by Gasteiger charge is 2.34. The van der Waals surface area contributed by atoms with E-state index >= 15 is 0 Å². The predicted molar refractivity (Wildman–Crippen MR) is 178 cm³/mol. The standard InChI is InChI=1S/C38H42N2O6/c1-39-14-12-25-20-32(42-4)34-22-28(25)29(39)17-23-8-7-9-27(16-23)45-33-19-24(10-11-31(33)41-3)18-30-36-26(13-15-40(30)2)21-35(43-5)37(44-6)38(36)46-34/h7-11,16,19-22,29-30H,12-15,17-18H2,1-6H3/t29-,30+/m0/s1. The average molecular weight is 623 g/mol. The van der Waals surface area contributed by atoms with Crippen molar-refractivity contribution in [3.63, 3.8) is 0 Å². The maximum Gasteiger partial charge on any atom is 0.204 e. The van der Waals surface area contributed by atoms with Crippen LogP contribution in [0.3, 0.4) is 0 Å². The number of benzene rings is 4. The van der Waals surface area contributed by atoms with Crippen molar-refractivity contribution in [2.75, 3.05) is 55.6 Å². The monoisotopic (exact) mass is 622 g/mol. The number of ether oxygens (including phenoxy) is 6. The first-order valence-electron chi connectivity index (χ1n) is 15.9. The van der Waals surface area contributed by atoms with E-state index in [1.165, 1.54) is 22.3 Å². The Bertz CT molecular complexity index is 1770. The van der Waals surface area contributed by atoms with Crippen molar-refractivity contribution >= 4 is 0 Å². The molecule has 0 saturated carbocycles. The molecule has 0 aromatic heterocycles. The first-order valence-corrected chi connectivity index (χ1v) is 15.9. The van der Waals surface area contributed by atoms with E-state index in [2.05, 4.69) is 72.4 Å². The fourth-order valence-corrected chi connectivity index (χ4v) is 7.32. The molecule has 0 N–H and O–H groups in total. The molecule has 6 bridgehead atoms. The van der Waals surface area contributed by atoms with Gasteiger partial charge in [-0.2, -0.15) is 0 Å². The summed E-state index contributed by atoms with van der Waals surface area (Å²) in [5.74, 6) is 5.42. The highest BCUT2D eigenvalue weighted by Crippen LogP contribution is 2.52. The Kier molecular flexibility index (Phi) is 8.17. The maximum absolute atomic E-state index is 7.03. The molecule has 240 valence electrons. The Balaban J connectivity index is 1.48. The summed E-state index contributed by atoms with van der Waals surface area (Å²) in [5, 5.41) is 0. The largest absolute Gasteiger partial charge is 0.493 e. The van der Waals surface area contributed by atoms with Gasteiger partial charge in [-0.1, -0.05) is 18.2 Å². The van der Waals surface area contributed by atoms with Crippen LogP contribution in [-0.2, 0) is 25.7 Å². The zero-order valence-electron chi connectivity index (χ0n) is 27.5. The average Bonchev–Trinajstić information content (AvgIpc) is 3.07. The molecule has 2 atom stereocenters. The van der Waals surface area contributed by atoms with Crippen molar-refractivity contribution in [2.24, 2.45) is 0 Å². The highest BCUT2D eigenvalue weighted by molar-refractivity contribution is 5.64. The smallest absolute Gasteiger partial charge is 0.204 e. The van der Waals surface area contributed by atoms with Gasteiger partial charge in [-0.05, 0) is 110 Å². The number of likely N-dealkylation sites (N-methyl/N-ethyl adjacent to an activating group) is 2. The predicted octanol–water partition coefficient (Wildman–Crippen LogP) is 7.16. The molecule has 8 nitrogen and oxygen atoms in total. The van der Waals surface area contributed by atoms with Gasteiger partial charge in [-0.3, -0.25) is 9.80 Å². The molecule has 4 aromatic carbocycles. The fourth-order valence-electron chi connectivity index (χ4n) is 7.32. The van der Waals surface area contributed by atoms with Crippen molar-refractivity contribution in [1.29, 1.82) is 0 Å². The summed E-state index contributed by atoms with van der Waals surface area (Å²) in [6.45, 7) is 1.85. The lowest BCUT2D eigenvalue weighted by Gasteiger charge is -2.37. The minimum absolute atomic E-state index is 0.00122. The zero-order valence-corrected chi connectivity index (χ0v) is 27.5. The Morgan fingerprint density at radius 2 is 1.30 bits per heavy atom. The van der Waals surface area contributed by atoms with E-state index in [1.54, 1.807) is 28.4 Å². The van der Waals surface area contributed by atoms with Crippen LogP contribution in [0.1, 0.15) is 45.5 Å². The van der Waals surface area contributed by atoms with Gasteiger partial charge < -0.3 is 28.4 Å². The summed E-state index contributed by atoms with van der Waals surface area (Å²) >= 11 is 0. The molecule has 0 radical (unpaired) electrons. The van der Waals surface area contributed by atoms with Crippen molar-refractivity contribution < 1.29 is 28.4 Å². The summed E-state index contributed by atoms with van der Waals surface area (Å²) in [6, 6.07) is 21.2. The van der Waals surface area contributed by atoms with Crippen LogP contribution in [-0.4, -0.2) is 65.4 Å². The van der Waals surface area contributed by atoms with E-state index in [0.717, 1.165) is 55.6 Å². The van der Waals surface area contributed by atoms with Gasteiger partial charge in [0.05, 0.1) is 28.4 Å². The Morgan fingerprint density at radius 1 is 0.630 bits per heavy atom. The van der Waals surface area contributed by atoms with Gasteiger partial charge in [0.15, 0.2) is 34.5 Å². The molecule has 0 fully saturated rings. The summed E-state index contributed by atoms with van der Waals surface area (Å²) in [4.78, 5) is 4.81. The van der Waals surface area contributed by atoms with Crippen LogP contribution < -0.4 is 28.4 Å². The molecule has 3 heterocycles. The minimum atomic E-state index is 0.00122. The maximum atomic E-state index is 7.03. The van der Waals surface area contributed by atoms with E-state index in [0.29, 0.717) is 40.2 Å². The topological polar surface area (TPSA) is 61.9 Å². The third-order valence-electron chi connectivity index (χ3n) is 9.82. The third-order valence-corrected chi connectivity index (χ3v) is 9.82. The Labute approximate surface area is 271 Å². The van der Waals surface area contributed by atoms with Gasteiger partial charge in [-0.25, -0.2) is 0 Å². The number of rotatable bonds is 4. The van der Waals surface area contributed by atoms with Crippen LogP contribution in [0.15, 0.2) is 60.7 Å². The lowest BCUT2D eigenvalue weighted by molar-refractivity contribution is 0.220. The van der Waals surface area contributed by atoms with Crippen LogP contribution >= 0.6 is 0 Å². The van der Waals surface area contributed by atoms with Crippen LogP contribution in [0.25, 0.3) is 0 Å². The molecule has 0 unspecified atom stereocenters. The third kappa shape index (κ3) is 5.39. The number of fused-ring (bicyclic) bond motifs is 5. The van der Waals surface area contributed by atoms with Crippen LogP contribution in [0, 0.1) is 0 Å². The molecular weight excluding hydrogens is 580 g/mol. The number of hydrogen-bond acceptors (Lipinski definition) is 8. The van der Waals surface area contributed by atoms with Crippen LogP contribution in [0.4, 0.5) is 0 Å². The van der Waals surface area contributed by atoms with Crippen molar-refractivity contribution in [1.82, 2.24) is 9.80 Å². The molecule has 0 amide bonds. The first kappa shape index (κ1) is 30.3. The molecule has 4 aromatic rings. The molecule has 46 heavy (non-hydrogen) atoms. The van der Waals surface area contributed by atoms with E-state index in [4.69, 9.17) is 28.4 Å². The van der Waals surface area contributed by atoms with Gasteiger partial charge >= 0.3 is 0 Å². The van der Waals surface area contributed by atoms with Crippen LogP contribution in [0.2, 0.25) is 0 Å². The lowest BCUT2D eigenvalue weighted by atomic mass is 9.87. The second-order valence-electron chi connectivity index (χ2n) is 12.5. The molecule has 0 saturated heterocycles. The normalized spacial score (nSPS) is 19.2. The molecular formula is C38H42N2O6. The van der Waals surface area contributed by atoms with E-state index in [9.17, 15) is 0 Å². The van der Waals surface area contributed by atoms with Gasteiger partial charge in [0.2, 0.25) is 5.75 Å². The number of nitrogens with zero attached hydrogens (tertiary/aromatic N) is 2. The van der Waals surface area contributed by atoms with E-state index in [-0.39, 0.29) is 12.1 Å². The van der Waals surface area contributed by atoms with Crippen molar-refractivity contribution in [2.45, 2.75) is 37.8 Å². The van der Waals surface area contributed by atoms with Crippen LogP contribution in [0.5, 0.6) is 46.0 Å². The number of hydrogen-bond donors (Lipinski definition) is 0. The molecule has 3 aliphatic rings. The zero-order chi connectivity index (χ0) is 31.9. The molecule has 3 aliphatic heterocycles. The van der Waals surface area contributed by atoms with Gasteiger partial charge in [0.1, 0.15) is 5.75 Å². The lowest BCUT2D eigenvalue weighted by Crippen LogP contribution is -2.34. The van der Waals surface area contributed by atoms with Gasteiger partial charge in [-0.15, -0.1) is 0 Å². The van der Waals surface area contributed by atoms with Crippen molar-refractivity contribution in [3.05, 3.63) is 94.0 Å².